The van der Waals surface area contributed by atoms with E-state index < -0.39 is 0 Å². The second kappa shape index (κ2) is 7.21. The Bertz CT molecular complexity index is 487. The first-order chi connectivity index (χ1) is 9.35. The average Bonchev–Trinajstić information content (AvgIpc) is 2.96. The van der Waals surface area contributed by atoms with Gasteiger partial charge in [0.1, 0.15) is 5.75 Å². The van der Waals surface area contributed by atoms with Gasteiger partial charge in [0, 0.05) is 11.6 Å². The van der Waals surface area contributed by atoms with Crippen LogP contribution in [0.3, 0.4) is 0 Å². The highest BCUT2D eigenvalue weighted by atomic mass is 32.1. The van der Waals surface area contributed by atoms with Gasteiger partial charge in [-0.15, -0.1) is 11.3 Å². The third-order valence-corrected chi connectivity index (χ3v) is 3.30. The average molecular weight is 277 g/mol. The zero-order chi connectivity index (χ0) is 13.5. The van der Waals surface area contributed by atoms with Crippen LogP contribution in [-0.4, -0.2) is 23.1 Å². The molecule has 0 spiro atoms. The Hall–Kier alpha value is -1.46. The molecule has 1 unspecified atom stereocenters. The molecular weight excluding hydrogens is 258 g/mol. The van der Waals surface area contributed by atoms with Crippen molar-refractivity contribution in [3.63, 3.8) is 0 Å². The van der Waals surface area contributed by atoms with E-state index in [-0.39, 0.29) is 6.04 Å². The second-order valence-corrected chi connectivity index (χ2v) is 4.93. The van der Waals surface area contributed by atoms with Crippen LogP contribution >= 0.6 is 11.3 Å². The molecule has 0 aliphatic heterocycles. The molecule has 0 radical (unpaired) electrons. The molecule has 4 nitrogen and oxygen atoms in total. The van der Waals surface area contributed by atoms with E-state index in [1.54, 1.807) is 17.5 Å². The van der Waals surface area contributed by atoms with Crippen molar-refractivity contribution in [1.82, 2.24) is 15.3 Å². The van der Waals surface area contributed by atoms with Gasteiger partial charge in [0.05, 0.1) is 30.1 Å². The Balaban J connectivity index is 2.21. The summed E-state index contributed by atoms with van der Waals surface area (Å²) in [5.41, 5.74) is 3.97. The van der Waals surface area contributed by atoms with Crippen molar-refractivity contribution in [3.05, 3.63) is 40.6 Å². The summed E-state index contributed by atoms with van der Waals surface area (Å²) in [5.74, 6) is 0.817. The van der Waals surface area contributed by atoms with E-state index in [9.17, 15) is 0 Å². The summed E-state index contributed by atoms with van der Waals surface area (Å²) in [6, 6.07) is 2.11. The number of aromatic nitrogens is 2. The van der Waals surface area contributed by atoms with Gasteiger partial charge in [-0.3, -0.25) is 4.98 Å². The maximum Gasteiger partial charge on any atom is 0.137 e. The number of thiazole rings is 1. The minimum Gasteiger partial charge on any atom is -0.492 e. The molecule has 0 aliphatic carbocycles. The fourth-order valence-electron chi connectivity index (χ4n) is 1.85. The molecule has 0 aromatic carbocycles. The summed E-state index contributed by atoms with van der Waals surface area (Å²) < 4.78 is 5.63. The number of nitrogens with one attached hydrogen (secondary N) is 1. The quantitative estimate of drug-likeness (QED) is 0.845. The van der Waals surface area contributed by atoms with Crippen LogP contribution in [-0.2, 0) is 0 Å². The molecule has 0 saturated carbocycles. The largest absolute Gasteiger partial charge is 0.492 e. The third kappa shape index (κ3) is 3.75. The fourth-order valence-corrected chi connectivity index (χ4v) is 2.43. The van der Waals surface area contributed by atoms with Gasteiger partial charge in [0.15, 0.2) is 0 Å². The number of pyridine rings is 1. The summed E-state index contributed by atoms with van der Waals surface area (Å²) in [4.78, 5) is 8.65. The molecule has 0 bridgehead atoms. The Kier molecular flexibility index (Phi) is 5.30. The normalized spacial score (nSPS) is 12.3. The molecule has 2 heterocycles. The first kappa shape index (κ1) is 14.0. The SMILES string of the molecule is CCCOc1cncc(C(NCC)c2cscn2)c1. The van der Waals surface area contributed by atoms with Crippen molar-refractivity contribution in [1.29, 1.82) is 0 Å². The molecule has 2 rings (SSSR count). The lowest BCUT2D eigenvalue weighted by Crippen LogP contribution is -2.22. The number of rotatable bonds is 7. The minimum absolute atomic E-state index is 0.0777. The highest BCUT2D eigenvalue weighted by Crippen LogP contribution is 2.24. The van der Waals surface area contributed by atoms with Crippen molar-refractivity contribution >= 4 is 11.3 Å². The maximum absolute atomic E-state index is 5.63. The zero-order valence-corrected chi connectivity index (χ0v) is 12.1. The lowest BCUT2D eigenvalue weighted by atomic mass is 10.1. The van der Waals surface area contributed by atoms with Crippen LogP contribution in [0.1, 0.15) is 37.6 Å². The third-order valence-electron chi connectivity index (χ3n) is 2.70. The van der Waals surface area contributed by atoms with E-state index in [1.807, 2.05) is 17.8 Å². The molecule has 5 heteroatoms. The van der Waals surface area contributed by atoms with E-state index in [1.165, 1.54) is 0 Å². The molecule has 0 fully saturated rings. The second-order valence-electron chi connectivity index (χ2n) is 4.21. The van der Waals surface area contributed by atoms with Crippen molar-refractivity contribution < 1.29 is 4.74 Å². The van der Waals surface area contributed by atoms with Gasteiger partial charge in [-0.05, 0) is 24.6 Å². The lowest BCUT2D eigenvalue weighted by Gasteiger charge is -2.16. The standard InChI is InChI=1S/C14H19N3OS/c1-3-5-18-12-6-11(7-15-8-12)14(16-4-2)13-9-19-10-17-13/h6-10,14,16H,3-5H2,1-2H3. The molecule has 102 valence electrons. The Labute approximate surface area is 117 Å². The summed E-state index contributed by atoms with van der Waals surface area (Å²) in [6.07, 6.45) is 4.61. The van der Waals surface area contributed by atoms with Crippen LogP contribution < -0.4 is 10.1 Å². The van der Waals surface area contributed by atoms with E-state index in [2.05, 4.69) is 34.5 Å². The molecule has 1 N–H and O–H groups in total. The predicted molar refractivity (Wildman–Crippen MR) is 77.7 cm³/mol. The molecule has 19 heavy (non-hydrogen) atoms. The highest BCUT2D eigenvalue weighted by Gasteiger charge is 2.15. The van der Waals surface area contributed by atoms with Crippen LogP contribution in [0.25, 0.3) is 0 Å². The predicted octanol–water partition coefficient (Wildman–Crippen LogP) is 3.03. The van der Waals surface area contributed by atoms with E-state index in [0.29, 0.717) is 6.61 Å². The van der Waals surface area contributed by atoms with Gasteiger partial charge < -0.3 is 10.1 Å². The summed E-state index contributed by atoms with van der Waals surface area (Å²) in [5, 5.41) is 5.50. The summed E-state index contributed by atoms with van der Waals surface area (Å²) in [7, 11) is 0. The van der Waals surface area contributed by atoms with Gasteiger partial charge in [-0.2, -0.15) is 0 Å². The smallest absolute Gasteiger partial charge is 0.137 e. The minimum atomic E-state index is 0.0777. The van der Waals surface area contributed by atoms with Gasteiger partial charge in [0.25, 0.3) is 0 Å². The molecule has 1 atom stereocenters. The zero-order valence-electron chi connectivity index (χ0n) is 11.3. The Morgan fingerprint density at radius 1 is 1.37 bits per heavy atom. The van der Waals surface area contributed by atoms with Crippen molar-refractivity contribution in [2.24, 2.45) is 0 Å². The molecule has 2 aromatic heterocycles. The van der Waals surface area contributed by atoms with Crippen LogP contribution in [0.5, 0.6) is 5.75 Å². The first-order valence-corrected chi connectivity index (χ1v) is 7.48. The Morgan fingerprint density at radius 3 is 2.95 bits per heavy atom. The van der Waals surface area contributed by atoms with Crippen molar-refractivity contribution in [2.45, 2.75) is 26.3 Å². The van der Waals surface area contributed by atoms with Crippen LogP contribution in [0.15, 0.2) is 29.4 Å². The lowest BCUT2D eigenvalue weighted by molar-refractivity contribution is 0.315. The first-order valence-electron chi connectivity index (χ1n) is 6.54. The molecule has 0 aliphatic rings. The van der Waals surface area contributed by atoms with Crippen LogP contribution in [0, 0.1) is 0 Å². The maximum atomic E-state index is 5.63. The van der Waals surface area contributed by atoms with E-state index in [0.717, 1.165) is 30.0 Å². The number of ether oxygens (including phenoxy) is 1. The summed E-state index contributed by atoms with van der Waals surface area (Å²) in [6.45, 7) is 5.77. The van der Waals surface area contributed by atoms with Crippen molar-refractivity contribution in [2.75, 3.05) is 13.2 Å². The fraction of sp³-hybridized carbons (Fsp3) is 0.429. The highest BCUT2D eigenvalue weighted by molar-refractivity contribution is 7.07. The van der Waals surface area contributed by atoms with Crippen LogP contribution in [0.4, 0.5) is 0 Å². The molecule has 0 amide bonds. The topological polar surface area (TPSA) is 47.0 Å². The van der Waals surface area contributed by atoms with Crippen molar-refractivity contribution in [3.8, 4) is 5.75 Å². The van der Waals surface area contributed by atoms with Crippen LogP contribution in [0.2, 0.25) is 0 Å². The monoisotopic (exact) mass is 277 g/mol. The van der Waals surface area contributed by atoms with Gasteiger partial charge in [0.2, 0.25) is 0 Å². The number of hydrogen-bond acceptors (Lipinski definition) is 5. The molecule has 0 saturated heterocycles. The van der Waals surface area contributed by atoms with Gasteiger partial charge >= 0.3 is 0 Å². The van der Waals surface area contributed by atoms with Gasteiger partial charge in [-0.1, -0.05) is 13.8 Å². The number of hydrogen-bond donors (Lipinski definition) is 1. The van der Waals surface area contributed by atoms with E-state index >= 15 is 0 Å². The molecule has 2 aromatic rings. The number of nitrogens with zero attached hydrogens (tertiary/aromatic N) is 2. The summed E-state index contributed by atoms with van der Waals surface area (Å²) >= 11 is 1.60. The van der Waals surface area contributed by atoms with Gasteiger partial charge in [-0.25, -0.2) is 4.98 Å². The van der Waals surface area contributed by atoms with E-state index in [4.69, 9.17) is 4.74 Å². The molecular formula is C14H19N3OS. The Morgan fingerprint density at radius 2 is 2.26 bits per heavy atom.